The zero-order valence-electron chi connectivity index (χ0n) is 12.0. The maximum Gasteiger partial charge on any atom is 0.248 e. The van der Waals surface area contributed by atoms with Gasteiger partial charge in [0.2, 0.25) is 11.9 Å². The van der Waals surface area contributed by atoms with Gasteiger partial charge < -0.3 is 21.5 Å². The second-order valence-electron chi connectivity index (χ2n) is 4.51. The van der Waals surface area contributed by atoms with Gasteiger partial charge in [-0.15, -0.1) is 11.3 Å². The normalized spacial score (nSPS) is 12.3. The number of nitrogens with zero attached hydrogens (tertiary/aromatic N) is 2. The molecule has 5 N–H and O–H groups in total. The Balaban J connectivity index is 2.34. The molecule has 0 saturated carbocycles. The number of amides is 1. The van der Waals surface area contributed by atoms with E-state index < -0.39 is 12.0 Å². The summed E-state index contributed by atoms with van der Waals surface area (Å²) in [6, 6.07) is 2.02. The Bertz CT molecular complexity index is 643. The maximum atomic E-state index is 10.9. The van der Waals surface area contributed by atoms with Gasteiger partial charge in [0.15, 0.2) is 0 Å². The summed E-state index contributed by atoms with van der Waals surface area (Å²) in [7, 11) is 0. The Morgan fingerprint density at radius 3 is 2.81 bits per heavy atom. The molecule has 0 aromatic carbocycles. The Kier molecular flexibility index (Phi) is 4.92. The number of anilines is 2. The minimum absolute atomic E-state index is 0.0182. The molecule has 0 saturated heterocycles. The fraction of sp³-hybridized carbons (Fsp3) is 0.462. The van der Waals surface area contributed by atoms with Crippen LogP contribution in [0.25, 0.3) is 10.2 Å². The first kappa shape index (κ1) is 15.5. The highest BCUT2D eigenvalue weighted by atomic mass is 32.1. The van der Waals surface area contributed by atoms with Gasteiger partial charge >= 0.3 is 0 Å². The molecule has 0 aliphatic carbocycles. The van der Waals surface area contributed by atoms with Crippen LogP contribution >= 0.6 is 11.3 Å². The van der Waals surface area contributed by atoms with E-state index in [0.29, 0.717) is 18.3 Å². The summed E-state index contributed by atoms with van der Waals surface area (Å²) < 4.78 is 0. The van der Waals surface area contributed by atoms with E-state index >= 15 is 0 Å². The lowest BCUT2D eigenvalue weighted by molar-refractivity contribution is -0.125. The minimum Gasteiger partial charge on any atom is -0.381 e. The molecule has 7 nitrogen and oxygen atoms in total. The van der Waals surface area contributed by atoms with Crippen molar-refractivity contribution in [1.82, 2.24) is 9.97 Å². The summed E-state index contributed by atoms with van der Waals surface area (Å²) >= 11 is 1.61. The van der Waals surface area contributed by atoms with Crippen LogP contribution in [0.15, 0.2) is 6.07 Å². The largest absolute Gasteiger partial charge is 0.381 e. The van der Waals surface area contributed by atoms with E-state index in [-0.39, 0.29) is 6.54 Å². The van der Waals surface area contributed by atoms with E-state index in [4.69, 9.17) is 5.73 Å². The second kappa shape index (κ2) is 6.68. The molecule has 0 radical (unpaired) electrons. The molecule has 2 aromatic heterocycles. The number of hydrogen-bond donors (Lipinski definition) is 4. The van der Waals surface area contributed by atoms with Crippen molar-refractivity contribution in [2.75, 3.05) is 23.7 Å². The number of thiophene rings is 1. The second-order valence-corrected chi connectivity index (χ2v) is 5.63. The molecular weight excluding hydrogens is 290 g/mol. The quantitative estimate of drug-likeness (QED) is 0.605. The molecule has 2 heterocycles. The standard InChI is InChI=1S/C13H19N5O2S/c1-3-7-5-8-11(16-6-9(19)10(14)20)17-13(15-4-2)18-12(8)21-7/h5,9,19H,3-4,6H2,1-2H3,(H2,14,20)(H2,15,16,17,18). The number of nitrogens with one attached hydrogen (secondary N) is 2. The third-order valence-electron chi connectivity index (χ3n) is 2.92. The van der Waals surface area contributed by atoms with Crippen molar-refractivity contribution in [3.05, 3.63) is 10.9 Å². The van der Waals surface area contributed by atoms with Crippen LogP contribution in [0.1, 0.15) is 18.7 Å². The lowest BCUT2D eigenvalue weighted by Crippen LogP contribution is -2.34. The van der Waals surface area contributed by atoms with Crippen LogP contribution in [-0.4, -0.2) is 40.2 Å². The number of nitrogens with two attached hydrogens (primary N) is 1. The average molecular weight is 309 g/mol. The van der Waals surface area contributed by atoms with Gasteiger partial charge in [-0.1, -0.05) is 6.92 Å². The summed E-state index contributed by atoms with van der Waals surface area (Å²) in [6.45, 7) is 4.77. The molecule has 0 fully saturated rings. The van der Waals surface area contributed by atoms with Gasteiger partial charge in [-0.05, 0) is 19.4 Å². The van der Waals surface area contributed by atoms with E-state index in [1.165, 1.54) is 4.88 Å². The van der Waals surface area contributed by atoms with Crippen LogP contribution in [0.5, 0.6) is 0 Å². The topological polar surface area (TPSA) is 113 Å². The molecule has 1 amide bonds. The Morgan fingerprint density at radius 1 is 1.43 bits per heavy atom. The summed E-state index contributed by atoms with van der Waals surface area (Å²) in [5.74, 6) is 0.344. The Labute approximate surface area is 126 Å². The smallest absolute Gasteiger partial charge is 0.248 e. The number of primary amides is 1. The van der Waals surface area contributed by atoms with Gasteiger partial charge in [0.1, 0.15) is 16.8 Å². The van der Waals surface area contributed by atoms with Crippen LogP contribution in [0.4, 0.5) is 11.8 Å². The molecule has 2 aromatic rings. The van der Waals surface area contributed by atoms with Crippen molar-refractivity contribution >= 4 is 39.2 Å². The third kappa shape index (κ3) is 3.59. The van der Waals surface area contributed by atoms with Gasteiger partial charge in [-0.2, -0.15) is 4.98 Å². The van der Waals surface area contributed by atoms with E-state index in [1.807, 2.05) is 13.0 Å². The van der Waals surface area contributed by atoms with E-state index in [2.05, 4.69) is 27.5 Å². The van der Waals surface area contributed by atoms with Gasteiger partial charge in [0.05, 0.1) is 11.9 Å². The van der Waals surface area contributed by atoms with Crippen LogP contribution < -0.4 is 16.4 Å². The highest BCUT2D eigenvalue weighted by Gasteiger charge is 2.14. The van der Waals surface area contributed by atoms with Crippen molar-refractivity contribution in [2.24, 2.45) is 5.73 Å². The van der Waals surface area contributed by atoms with Crippen molar-refractivity contribution in [2.45, 2.75) is 26.4 Å². The molecular formula is C13H19N5O2S. The fourth-order valence-corrected chi connectivity index (χ4v) is 2.78. The monoisotopic (exact) mass is 309 g/mol. The highest BCUT2D eigenvalue weighted by Crippen LogP contribution is 2.30. The fourth-order valence-electron chi connectivity index (χ4n) is 1.81. The number of rotatable bonds is 7. The molecule has 8 heteroatoms. The first-order valence-corrected chi connectivity index (χ1v) is 7.62. The molecule has 0 aliphatic rings. The minimum atomic E-state index is -1.25. The zero-order valence-corrected chi connectivity index (χ0v) is 12.8. The maximum absolute atomic E-state index is 10.9. The van der Waals surface area contributed by atoms with Gasteiger partial charge in [-0.25, -0.2) is 4.98 Å². The third-order valence-corrected chi connectivity index (χ3v) is 4.09. The summed E-state index contributed by atoms with van der Waals surface area (Å²) in [4.78, 5) is 21.8. The average Bonchev–Trinajstić information content (AvgIpc) is 2.87. The van der Waals surface area contributed by atoms with Crippen molar-refractivity contribution < 1.29 is 9.90 Å². The van der Waals surface area contributed by atoms with Crippen LogP contribution in [0, 0.1) is 0 Å². The van der Waals surface area contributed by atoms with Gasteiger partial charge in [-0.3, -0.25) is 4.79 Å². The molecule has 21 heavy (non-hydrogen) atoms. The number of aliphatic hydroxyl groups excluding tert-OH is 1. The number of aliphatic hydroxyl groups is 1. The lowest BCUT2D eigenvalue weighted by Gasteiger charge is -2.11. The Morgan fingerprint density at radius 2 is 2.19 bits per heavy atom. The summed E-state index contributed by atoms with van der Waals surface area (Å²) in [5, 5.41) is 16.4. The highest BCUT2D eigenvalue weighted by molar-refractivity contribution is 7.18. The van der Waals surface area contributed by atoms with E-state index in [9.17, 15) is 9.90 Å². The molecule has 114 valence electrons. The number of aromatic nitrogens is 2. The first-order valence-electron chi connectivity index (χ1n) is 6.80. The molecule has 1 atom stereocenters. The molecule has 0 spiro atoms. The predicted molar refractivity (Wildman–Crippen MR) is 84.6 cm³/mol. The molecule has 1 unspecified atom stereocenters. The summed E-state index contributed by atoms with van der Waals surface area (Å²) in [6.07, 6.45) is -0.331. The van der Waals surface area contributed by atoms with Gasteiger partial charge in [0.25, 0.3) is 0 Å². The van der Waals surface area contributed by atoms with Crippen LogP contribution in [0.2, 0.25) is 0 Å². The van der Waals surface area contributed by atoms with E-state index in [0.717, 1.165) is 16.6 Å². The zero-order chi connectivity index (χ0) is 15.4. The van der Waals surface area contributed by atoms with Crippen molar-refractivity contribution in [3.8, 4) is 0 Å². The van der Waals surface area contributed by atoms with Crippen LogP contribution in [0.3, 0.4) is 0 Å². The van der Waals surface area contributed by atoms with E-state index in [1.54, 1.807) is 11.3 Å². The molecule has 0 aliphatic heterocycles. The number of aryl methyl sites for hydroxylation is 1. The molecule has 0 bridgehead atoms. The van der Waals surface area contributed by atoms with Crippen LogP contribution in [-0.2, 0) is 11.2 Å². The summed E-state index contributed by atoms with van der Waals surface area (Å²) in [5.41, 5.74) is 5.04. The Hall–Kier alpha value is -1.93. The number of hydrogen-bond acceptors (Lipinski definition) is 7. The number of carbonyl (C=O) groups is 1. The predicted octanol–water partition coefficient (Wildman–Crippen LogP) is 0.944. The molecule has 2 rings (SSSR count). The lowest BCUT2D eigenvalue weighted by atomic mass is 10.3. The van der Waals surface area contributed by atoms with Gasteiger partial charge in [0, 0.05) is 11.4 Å². The first-order chi connectivity index (χ1) is 10.0. The number of carbonyl (C=O) groups excluding carboxylic acids is 1. The van der Waals surface area contributed by atoms with Crippen molar-refractivity contribution in [3.63, 3.8) is 0 Å². The SMILES string of the molecule is CCNc1nc(NCC(O)C(N)=O)c2cc(CC)sc2n1. The number of fused-ring (bicyclic) bond motifs is 1. The van der Waals surface area contributed by atoms with Crippen molar-refractivity contribution in [1.29, 1.82) is 0 Å².